The van der Waals surface area contributed by atoms with Gasteiger partial charge in [0.1, 0.15) is 17.2 Å². The van der Waals surface area contributed by atoms with E-state index >= 15 is 0 Å². The Labute approximate surface area is 153 Å². The number of rotatable bonds is 5. The molecule has 0 aliphatic carbocycles. The minimum Gasteiger partial charge on any atom is -0.497 e. The lowest BCUT2D eigenvalue weighted by atomic mass is 10.2. The molecule has 0 radical (unpaired) electrons. The SMILES string of the molecule is COc1ccc(N(C/C=C/c2ccc(F)cc2)C(=O)OC(C)(C)C)cc1. The number of carbonyl (C=O) groups excluding carboxylic acids is 1. The molecule has 0 atom stereocenters. The van der Waals surface area contributed by atoms with E-state index in [2.05, 4.69) is 0 Å². The lowest BCUT2D eigenvalue weighted by molar-refractivity contribution is 0.0584. The van der Waals surface area contributed by atoms with Crippen molar-refractivity contribution in [1.29, 1.82) is 0 Å². The number of amides is 1. The van der Waals surface area contributed by atoms with Gasteiger partial charge in [0.15, 0.2) is 0 Å². The molecule has 0 unspecified atom stereocenters. The number of carbonyl (C=O) groups is 1. The monoisotopic (exact) mass is 357 g/mol. The van der Waals surface area contributed by atoms with Crippen LogP contribution in [0.1, 0.15) is 26.3 Å². The third kappa shape index (κ3) is 5.92. The molecule has 0 aliphatic heterocycles. The Morgan fingerprint density at radius 2 is 1.69 bits per heavy atom. The molecular formula is C21H24FNO3. The molecule has 138 valence electrons. The highest BCUT2D eigenvalue weighted by Crippen LogP contribution is 2.22. The molecule has 26 heavy (non-hydrogen) atoms. The number of hydrogen-bond donors (Lipinski definition) is 0. The summed E-state index contributed by atoms with van der Waals surface area (Å²) in [5.74, 6) is 0.426. The van der Waals surface area contributed by atoms with Gasteiger partial charge in [0.2, 0.25) is 0 Å². The predicted molar refractivity (Wildman–Crippen MR) is 102 cm³/mol. The second-order valence-electron chi connectivity index (χ2n) is 6.74. The molecule has 5 heteroatoms. The third-order valence-electron chi connectivity index (χ3n) is 3.47. The van der Waals surface area contributed by atoms with Gasteiger partial charge in [-0.3, -0.25) is 4.90 Å². The number of benzene rings is 2. The molecule has 2 aromatic carbocycles. The fourth-order valence-electron chi connectivity index (χ4n) is 2.23. The molecule has 0 bridgehead atoms. The van der Waals surface area contributed by atoms with Gasteiger partial charge in [-0.05, 0) is 62.7 Å². The highest BCUT2D eigenvalue weighted by atomic mass is 19.1. The quantitative estimate of drug-likeness (QED) is 0.730. The topological polar surface area (TPSA) is 38.8 Å². The van der Waals surface area contributed by atoms with Gasteiger partial charge in [-0.15, -0.1) is 0 Å². The van der Waals surface area contributed by atoms with Gasteiger partial charge < -0.3 is 9.47 Å². The number of ether oxygens (including phenoxy) is 2. The van der Waals surface area contributed by atoms with Crippen LogP contribution >= 0.6 is 0 Å². The van der Waals surface area contributed by atoms with Crippen LogP contribution in [0, 0.1) is 5.82 Å². The zero-order valence-electron chi connectivity index (χ0n) is 15.5. The lowest BCUT2D eigenvalue weighted by Crippen LogP contribution is -2.37. The zero-order valence-corrected chi connectivity index (χ0v) is 15.5. The molecule has 0 fully saturated rings. The fraction of sp³-hybridized carbons (Fsp3) is 0.286. The van der Waals surface area contributed by atoms with E-state index in [1.165, 1.54) is 17.0 Å². The number of nitrogens with zero attached hydrogens (tertiary/aromatic N) is 1. The largest absolute Gasteiger partial charge is 0.497 e. The van der Waals surface area contributed by atoms with Crippen molar-refractivity contribution >= 4 is 17.9 Å². The third-order valence-corrected chi connectivity index (χ3v) is 3.47. The Kier molecular flexibility index (Phi) is 6.39. The predicted octanol–water partition coefficient (Wildman–Crippen LogP) is 5.29. The van der Waals surface area contributed by atoms with Crippen molar-refractivity contribution in [3.05, 3.63) is 66.0 Å². The van der Waals surface area contributed by atoms with Crippen molar-refractivity contribution in [2.24, 2.45) is 0 Å². The summed E-state index contributed by atoms with van der Waals surface area (Å²) >= 11 is 0. The molecule has 4 nitrogen and oxygen atoms in total. The molecule has 0 aromatic heterocycles. The maximum atomic E-state index is 13.0. The Bertz CT molecular complexity index is 746. The van der Waals surface area contributed by atoms with Crippen LogP contribution in [0.4, 0.5) is 14.9 Å². The summed E-state index contributed by atoms with van der Waals surface area (Å²) in [5, 5.41) is 0. The highest BCUT2D eigenvalue weighted by Gasteiger charge is 2.22. The van der Waals surface area contributed by atoms with Gasteiger partial charge in [0, 0.05) is 12.2 Å². The molecule has 0 N–H and O–H groups in total. The average Bonchev–Trinajstić information content (AvgIpc) is 2.59. The van der Waals surface area contributed by atoms with Crippen LogP contribution in [0.3, 0.4) is 0 Å². The fourth-order valence-corrected chi connectivity index (χ4v) is 2.23. The van der Waals surface area contributed by atoms with Crippen molar-refractivity contribution < 1.29 is 18.7 Å². The van der Waals surface area contributed by atoms with E-state index in [0.717, 1.165) is 5.56 Å². The van der Waals surface area contributed by atoms with E-state index in [0.29, 0.717) is 18.0 Å². The lowest BCUT2D eigenvalue weighted by Gasteiger charge is -2.26. The van der Waals surface area contributed by atoms with Gasteiger partial charge >= 0.3 is 6.09 Å². The molecule has 0 aliphatic rings. The normalized spacial score (nSPS) is 11.4. The first-order chi connectivity index (χ1) is 12.3. The second kappa shape index (κ2) is 8.52. The summed E-state index contributed by atoms with van der Waals surface area (Å²) in [4.78, 5) is 14.1. The molecule has 0 heterocycles. The molecule has 0 saturated heterocycles. The molecule has 0 spiro atoms. The van der Waals surface area contributed by atoms with Crippen LogP contribution in [0.25, 0.3) is 6.08 Å². The summed E-state index contributed by atoms with van der Waals surface area (Å²) in [6, 6.07) is 13.3. The van der Waals surface area contributed by atoms with Gasteiger partial charge in [-0.2, -0.15) is 0 Å². The minimum absolute atomic E-state index is 0.282. The Morgan fingerprint density at radius 3 is 2.23 bits per heavy atom. The number of hydrogen-bond acceptors (Lipinski definition) is 3. The number of methoxy groups -OCH3 is 1. The van der Waals surface area contributed by atoms with Crippen molar-refractivity contribution in [2.75, 3.05) is 18.6 Å². The summed E-state index contributed by atoms with van der Waals surface area (Å²) in [6.45, 7) is 5.79. The van der Waals surface area contributed by atoms with E-state index in [9.17, 15) is 9.18 Å². The van der Waals surface area contributed by atoms with Crippen molar-refractivity contribution in [1.82, 2.24) is 0 Å². The van der Waals surface area contributed by atoms with E-state index in [1.807, 2.05) is 32.9 Å². The number of anilines is 1. The molecule has 2 rings (SSSR count). The average molecular weight is 357 g/mol. The summed E-state index contributed by atoms with van der Waals surface area (Å²) in [6.07, 6.45) is 3.23. The van der Waals surface area contributed by atoms with Gasteiger partial charge in [0.25, 0.3) is 0 Å². The van der Waals surface area contributed by atoms with Gasteiger partial charge in [-0.1, -0.05) is 24.3 Å². The molecule has 0 saturated carbocycles. The maximum Gasteiger partial charge on any atom is 0.415 e. The Morgan fingerprint density at radius 1 is 1.08 bits per heavy atom. The van der Waals surface area contributed by atoms with E-state index in [1.54, 1.807) is 43.5 Å². The van der Waals surface area contributed by atoms with Crippen molar-refractivity contribution in [3.8, 4) is 5.75 Å². The van der Waals surface area contributed by atoms with Crippen molar-refractivity contribution in [3.63, 3.8) is 0 Å². The maximum absolute atomic E-state index is 13.0. The van der Waals surface area contributed by atoms with E-state index < -0.39 is 11.7 Å². The van der Waals surface area contributed by atoms with Crippen LogP contribution in [0.2, 0.25) is 0 Å². The van der Waals surface area contributed by atoms with E-state index in [-0.39, 0.29) is 5.82 Å². The zero-order chi connectivity index (χ0) is 19.2. The smallest absolute Gasteiger partial charge is 0.415 e. The standard InChI is InChI=1S/C21H24FNO3/c1-21(2,3)26-20(24)23(18-11-13-19(25-4)14-12-18)15-5-6-16-7-9-17(22)10-8-16/h5-14H,15H2,1-4H3/b6-5+. The summed E-state index contributed by atoms with van der Waals surface area (Å²) in [5.41, 5.74) is 0.955. The van der Waals surface area contributed by atoms with Crippen molar-refractivity contribution in [2.45, 2.75) is 26.4 Å². The van der Waals surface area contributed by atoms with Crippen LogP contribution in [-0.2, 0) is 4.74 Å². The molecule has 2 aromatic rings. The first-order valence-corrected chi connectivity index (χ1v) is 8.35. The molecule has 1 amide bonds. The van der Waals surface area contributed by atoms with Gasteiger partial charge in [0.05, 0.1) is 7.11 Å². The molecular weight excluding hydrogens is 333 g/mol. The van der Waals surface area contributed by atoms with Crippen LogP contribution in [0.5, 0.6) is 5.75 Å². The van der Waals surface area contributed by atoms with Crippen LogP contribution < -0.4 is 9.64 Å². The summed E-state index contributed by atoms with van der Waals surface area (Å²) in [7, 11) is 1.59. The summed E-state index contributed by atoms with van der Waals surface area (Å²) < 4.78 is 23.6. The minimum atomic E-state index is -0.595. The highest BCUT2D eigenvalue weighted by molar-refractivity contribution is 5.88. The van der Waals surface area contributed by atoms with Crippen LogP contribution in [-0.4, -0.2) is 25.3 Å². The van der Waals surface area contributed by atoms with Crippen LogP contribution in [0.15, 0.2) is 54.6 Å². The first kappa shape index (κ1) is 19.5. The Balaban J connectivity index is 2.18. The second-order valence-corrected chi connectivity index (χ2v) is 6.74. The van der Waals surface area contributed by atoms with Gasteiger partial charge in [-0.25, -0.2) is 9.18 Å². The van der Waals surface area contributed by atoms with E-state index in [4.69, 9.17) is 9.47 Å². The Hall–Kier alpha value is -2.82. The number of halogens is 1. The first-order valence-electron chi connectivity index (χ1n) is 8.35.